The van der Waals surface area contributed by atoms with Gasteiger partial charge in [0.05, 0.1) is 10.3 Å². The Morgan fingerprint density at radius 2 is 2.15 bits per heavy atom. The molecule has 13 heavy (non-hydrogen) atoms. The first-order chi connectivity index (χ1) is 6.20. The maximum Gasteiger partial charge on any atom is 0.337 e. The Morgan fingerprint density at radius 1 is 1.38 bits per heavy atom. The number of benzene rings is 1. The molecule has 1 aromatic heterocycles. The zero-order valence-electron chi connectivity index (χ0n) is 6.52. The Balaban J connectivity index is 2.84. The minimum Gasteiger partial charge on any atom is -0.506 e. The van der Waals surface area contributed by atoms with Crippen LogP contribution in [0.4, 0.5) is 0 Å². The summed E-state index contributed by atoms with van der Waals surface area (Å²) in [6.45, 7) is 0. The Morgan fingerprint density at radius 3 is 2.85 bits per heavy atom. The van der Waals surface area contributed by atoms with Crippen LogP contribution >= 0.6 is 11.3 Å². The molecule has 2 rings (SSSR count). The first kappa shape index (κ1) is 8.07. The van der Waals surface area contributed by atoms with Crippen LogP contribution in [-0.4, -0.2) is 16.2 Å². The molecule has 0 fully saturated rings. The van der Waals surface area contributed by atoms with Gasteiger partial charge in [-0.25, -0.2) is 4.79 Å². The molecule has 0 saturated heterocycles. The highest BCUT2D eigenvalue weighted by Gasteiger charge is 2.11. The average Bonchev–Trinajstić information content (AvgIpc) is 2.48. The molecule has 0 saturated carbocycles. The molecule has 1 aromatic carbocycles. The number of rotatable bonds is 1. The Bertz CT molecular complexity index is 473. The first-order valence-electron chi connectivity index (χ1n) is 3.62. The number of hydrogen-bond donors (Lipinski definition) is 2. The molecule has 0 atom stereocenters. The van der Waals surface area contributed by atoms with Crippen molar-refractivity contribution in [3.63, 3.8) is 0 Å². The van der Waals surface area contributed by atoms with Gasteiger partial charge in [0, 0.05) is 10.8 Å². The van der Waals surface area contributed by atoms with Crippen molar-refractivity contribution in [2.24, 2.45) is 0 Å². The summed E-state index contributed by atoms with van der Waals surface area (Å²) >= 11 is 1.24. The van der Waals surface area contributed by atoms with E-state index in [1.54, 1.807) is 12.1 Å². The zero-order chi connectivity index (χ0) is 9.42. The second kappa shape index (κ2) is 2.74. The van der Waals surface area contributed by atoms with Gasteiger partial charge in [-0.05, 0) is 12.1 Å². The molecule has 3 nitrogen and oxygen atoms in total. The molecular weight excluding hydrogens is 188 g/mol. The first-order valence-corrected chi connectivity index (χ1v) is 4.50. The molecule has 1 heterocycles. The smallest absolute Gasteiger partial charge is 0.337 e. The number of aromatic carboxylic acids is 1. The summed E-state index contributed by atoms with van der Waals surface area (Å²) in [4.78, 5) is 10.7. The molecule has 0 radical (unpaired) electrons. The summed E-state index contributed by atoms with van der Waals surface area (Å²) in [7, 11) is 0. The molecule has 4 heteroatoms. The largest absolute Gasteiger partial charge is 0.506 e. The van der Waals surface area contributed by atoms with Crippen LogP contribution in [0, 0.1) is 0 Å². The van der Waals surface area contributed by atoms with Crippen molar-refractivity contribution < 1.29 is 15.0 Å². The number of thiophene rings is 1. The van der Waals surface area contributed by atoms with Crippen molar-refractivity contribution in [1.82, 2.24) is 0 Å². The standard InChI is InChI=1S/C9H6O3S/c10-7-4-13-8-5(7)2-1-3-6(8)9(11)12/h1-4,10H,(H,11,12). The van der Waals surface area contributed by atoms with Crippen LogP contribution in [0.25, 0.3) is 10.1 Å². The van der Waals surface area contributed by atoms with Gasteiger partial charge in [-0.1, -0.05) is 6.07 Å². The van der Waals surface area contributed by atoms with E-state index in [4.69, 9.17) is 5.11 Å². The molecule has 0 spiro atoms. The Labute approximate surface area is 77.9 Å². The van der Waals surface area contributed by atoms with Gasteiger partial charge < -0.3 is 10.2 Å². The van der Waals surface area contributed by atoms with Crippen molar-refractivity contribution in [2.75, 3.05) is 0 Å². The summed E-state index contributed by atoms with van der Waals surface area (Å²) in [5.74, 6) is -0.824. The monoisotopic (exact) mass is 194 g/mol. The fraction of sp³-hybridized carbons (Fsp3) is 0. The molecule has 0 unspecified atom stereocenters. The van der Waals surface area contributed by atoms with E-state index in [1.165, 1.54) is 22.8 Å². The fourth-order valence-corrected chi connectivity index (χ4v) is 2.15. The normalized spacial score (nSPS) is 10.5. The van der Waals surface area contributed by atoms with E-state index < -0.39 is 5.97 Å². The third kappa shape index (κ3) is 1.15. The lowest BCUT2D eigenvalue weighted by molar-refractivity contribution is 0.0699. The number of hydrogen-bond acceptors (Lipinski definition) is 3. The summed E-state index contributed by atoms with van der Waals surface area (Å²) in [6, 6.07) is 4.85. The van der Waals surface area contributed by atoms with Crippen LogP contribution in [0.15, 0.2) is 23.6 Å². The van der Waals surface area contributed by atoms with Gasteiger partial charge >= 0.3 is 5.97 Å². The van der Waals surface area contributed by atoms with Crippen LogP contribution in [0.1, 0.15) is 10.4 Å². The van der Waals surface area contributed by atoms with E-state index >= 15 is 0 Å². The third-order valence-electron chi connectivity index (χ3n) is 1.81. The highest BCUT2D eigenvalue weighted by molar-refractivity contribution is 7.18. The van der Waals surface area contributed by atoms with Crippen molar-refractivity contribution in [1.29, 1.82) is 0 Å². The van der Waals surface area contributed by atoms with Gasteiger partial charge in [-0.3, -0.25) is 0 Å². The quantitative estimate of drug-likeness (QED) is 0.732. The lowest BCUT2D eigenvalue weighted by Gasteiger charge is -1.95. The fourth-order valence-electron chi connectivity index (χ4n) is 1.21. The van der Waals surface area contributed by atoms with E-state index in [0.29, 0.717) is 10.1 Å². The number of fused-ring (bicyclic) bond motifs is 1. The van der Waals surface area contributed by atoms with Gasteiger partial charge in [0.15, 0.2) is 0 Å². The van der Waals surface area contributed by atoms with E-state index in [9.17, 15) is 9.90 Å². The summed E-state index contributed by atoms with van der Waals surface area (Å²) in [5.41, 5.74) is 0.239. The van der Waals surface area contributed by atoms with Crippen LogP contribution < -0.4 is 0 Å². The Kier molecular flexibility index (Phi) is 1.70. The molecular formula is C9H6O3S. The van der Waals surface area contributed by atoms with Crippen molar-refractivity contribution >= 4 is 27.4 Å². The van der Waals surface area contributed by atoms with Gasteiger partial charge in [0.2, 0.25) is 0 Å². The minimum absolute atomic E-state index is 0.142. The SMILES string of the molecule is O=C(O)c1cccc2c(O)csc12. The van der Waals surface area contributed by atoms with Crippen molar-refractivity contribution in [2.45, 2.75) is 0 Å². The van der Waals surface area contributed by atoms with E-state index in [-0.39, 0.29) is 11.3 Å². The maximum absolute atomic E-state index is 10.7. The maximum atomic E-state index is 10.7. The summed E-state index contributed by atoms with van der Waals surface area (Å²) in [5, 5.41) is 20.3. The molecule has 2 N–H and O–H groups in total. The second-order valence-corrected chi connectivity index (χ2v) is 3.49. The van der Waals surface area contributed by atoms with Crippen LogP contribution in [0.5, 0.6) is 5.75 Å². The minimum atomic E-state index is -0.965. The van der Waals surface area contributed by atoms with Crippen molar-refractivity contribution in [3.05, 3.63) is 29.1 Å². The van der Waals surface area contributed by atoms with Crippen molar-refractivity contribution in [3.8, 4) is 5.75 Å². The van der Waals surface area contributed by atoms with Crippen LogP contribution in [-0.2, 0) is 0 Å². The topological polar surface area (TPSA) is 57.5 Å². The number of carbonyl (C=O) groups is 1. The summed E-state index contributed by atoms with van der Waals surface area (Å²) in [6.07, 6.45) is 0. The molecule has 66 valence electrons. The predicted octanol–water partition coefficient (Wildman–Crippen LogP) is 2.31. The number of carboxylic acids is 1. The number of aromatic hydroxyl groups is 1. The van der Waals surface area contributed by atoms with Crippen LogP contribution in [0.3, 0.4) is 0 Å². The summed E-state index contributed by atoms with van der Waals surface area (Å²) < 4.78 is 0.618. The molecule has 0 aliphatic rings. The predicted molar refractivity (Wildman–Crippen MR) is 50.4 cm³/mol. The third-order valence-corrected chi connectivity index (χ3v) is 2.83. The second-order valence-electron chi connectivity index (χ2n) is 2.61. The average molecular weight is 194 g/mol. The van der Waals surface area contributed by atoms with Gasteiger partial charge in [-0.2, -0.15) is 0 Å². The molecule has 0 aliphatic heterocycles. The lowest BCUT2D eigenvalue weighted by Crippen LogP contribution is -1.94. The van der Waals surface area contributed by atoms with E-state index in [1.807, 2.05) is 0 Å². The molecule has 2 aromatic rings. The molecule has 0 bridgehead atoms. The lowest BCUT2D eigenvalue weighted by atomic mass is 10.1. The van der Waals surface area contributed by atoms with Gasteiger partial charge in [0.1, 0.15) is 5.75 Å². The zero-order valence-corrected chi connectivity index (χ0v) is 7.34. The molecule has 0 amide bonds. The molecule has 0 aliphatic carbocycles. The van der Waals surface area contributed by atoms with E-state index in [0.717, 1.165) is 0 Å². The van der Waals surface area contributed by atoms with Crippen LogP contribution in [0.2, 0.25) is 0 Å². The highest BCUT2D eigenvalue weighted by atomic mass is 32.1. The number of carboxylic acid groups (broad SMARTS) is 1. The highest BCUT2D eigenvalue weighted by Crippen LogP contribution is 2.33. The van der Waals surface area contributed by atoms with Gasteiger partial charge in [0.25, 0.3) is 0 Å². The Hall–Kier alpha value is -1.55. The van der Waals surface area contributed by atoms with E-state index in [2.05, 4.69) is 0 Å². The van der Waals surface area contributed by atoms with Gasteiger partial charge in [-0.15, -0.1) is 11.3 Å².